The summed E-state index contributed by atoms with van der Waals surface area (Å²) in [5.41, 5.74) is 0.698. The summed E-state index contributed by atoms with van der Waals surface area (Å²) in [6.07, 6.45) is 1.10. The quantitative estimate of drug-likeness (QED) is 0.395. The Kier molecular flexibility index (Phi) is 5.29. The number of rotatable bonds is 5. The van der Waals surface area contributed by atoms with Crippen LogP contribution < -0.4 is 5.32 Å². The molecule has 136 valence electrons. The molecule has 8 nitrogen and oxygen atoms in total. The number of nitrogens with one attached hydrogen (secondary N) is 1. The van der Waals surface area contributed by atoms with E-state index in [1.54, 1.807) is 24.3 Å². The number of benzene rings is 2. The maximum absolute atomic E-state index is 12.4. The van der Waals surface area contributed by atoms with E-state index in [0.717, 1.165) is 6.20 Å². The van der Waals surface area contributed by atoms with Crippen LogP contribution in [-0.4, -0.2) is 26.6 Å². The van der Waals surface area contributed by atoms with Crippen LogP contribution in [-0.2, 0) is 9.59 Å². The molecular formula is C17H10Cl2N4O4. The molecule has 0 saturated heterocycles. The molecule has 10 heteroatoms. The third-order valence-corrected chi connectivity index (χ3v) is 4.17. The first-order valence-electron chi connectivity index (χ1n) is 7.52. The molecule has 0 aliphatic heterocycles. The zero-order valence-corrected chi connectivity index (χ0v) is 14.9. The van der Waals surface area contributed by atoms with Crippen LogP contribution in [0.25, 0.3) is 11.0 Å². The largest absolute Gasteiger partial charge is 0.322 e. The Bertz CT molecular complexity index is 1070. The molecular weight excluding hydrogens is 395 g/mol. The zero-order valence-electron chi connectivity index (χ0n) is 13.4. The number of carbonyl (C=O) groups excluding carboxylic acids is 2. The molecule has 1 atom stereocenters. The highest BCUT2D eigenvalue weighted by molar-refractivity contribution is 6.43. The van der Waals surface area contributed by atoms with Gasteiger partial charge in [0.2, 0.25) is 0 Å². The minimum atomic E-state index is -2.00. The van der Waals surface area contributed by atoms with Crippen molar-refractivity contribution < 1.29 is 14.5 Å². The summed E-state index contributed by atoms with van der Waals surface area (Å²) in [7, 11) is 0. The van der Waals surface area contributed by atoms with Gasteiger partial charge in [-0.15, -0.1) is 0 Å². The fourth-order valence-corrected chi connectivity index (χ4v) is 2.68. The van der Waals surface area contributed by atoms with Crippen LogP contribution >= 0.6 is 23.2 Å². The van der Waals surface area contributed by atoms with Crippen molar-refractivity contribution in [2.75, 3.05) is 5.32 Å². The first kappa shape index (κ1) is 18.7. The Morgan fingerprint density at radius 3 is 2.52 bits per heavy atom. The number of amides is 1. The summed E-state index contributed by atoms with van der Waals surface area (Å²) < 4.78 is 0. The van der Waals surface area contributed by atoms with Crippen LogP contribution in [0.3, 0.4) is 0 Å². The monoisotopic (exact) mass is 404 g/mol. The fraction of sp³-hybridized carbons (Fsp3) is 0.0588. The number of fused-ring (bicyclic) bond motifs is 1. The van der Waals surface area contributed by atoms with E-state index in [2.05, 4.69) is 15.3 Å². The average Bonchev–Trinajstić information content (AvgIpc) is 2.64. The second-order valence-corrected chi connectivity index (χ2v) is 6.26. The maximum atomic E-state index is 12.4. The van der Waals surface area contributed by atoms with E-state index in [9.17, 15) is 19.7 Å². The van der Waals surface area contributed by atoms with Crippen molar-refractivity contribution in [3.63, 3.8) is 0 Å². The number of hydrogen-bond donors (Lipinski definition) is 1. The molecule has 0 radical (unpaired) electrons. The first-order chi connectivity index (χ1) is 12.9. The lowest BCUT2D eigenvalue weighted by molar-refractivity contribution is -0.513. The standard InChI is InChI=1S/C17H10Cl2N4O4/c18-9-5-6-10(19)13(7-9)22-17(25)16(24)15(23(26)27)14-8-20-11-3-1-2-4-12(11)21-14/h1-8,15H,(H,22,25)/t15-/m0/s1. The van der Waals surface area contributed by atoms with Gasteiger partial charge in [0.1, 0.15) is 5.69 Å². The molecule has 0 spiro atoms. The number of halogens is 2. The average molecular weight is 405 g/mol. The van der Waals surface area contributed by atoms with Crippen LogP contribution in [0.2, 0.25) is 10.0 Å². The Morgan fingerprint density at radius 1 is 1.11 bits per heavy atom. The van der Waals surface area contributed by atoms with Gasteiger partial charge in [-0.05, 0) is 30.3 Å². The molecule has 0 aliphatic rings. The van der Waals surface area contributed by atoms with Gasteiger partial charge in [-0.3, -0.25) is 24.7 Å². The van der Waals surface area contributed by atoms with Crippen molar-refractivity contribution in [2.24, 2.45) is 0 Å². The number of anilines is 1. The smallest absolute Gasteiger partial charge is 0.318 e. The van der Waals surface area contributed by atoms with Crippen LogP contribution in [0.5, 0.6) is 0 Å². The first-order valence-corrected chi connectivity index (χ1v) is 8.28. The van der Waals surface area contributed by atoms with Crippen molar-refractivity contribution in [2.45, 2.75) is 6.04 Å². The Morgan fingerprint density at radius 2 is 1.81 bits per heavy atom. The second-order valence-electron chi connectivity index (χ2n) is 5.41. The SMILES string of the molecule is O=C(Nc1cc(Cl)ccc1Cl)C(=O)[C@H](c1cnc2ccccc2n1)[N+](=O)[O-]. The number of Topliss-reactive ketones (excluding diaryl/α,β-unsaturated/α-hetero) is 1. The molecule has 2 aromatic carbocycles. The number of carbonyl (C=O) groups is 2. The van der Waals surface area contributed by atoms with Crippen molar-refractivity contribution in [1.82, 2.24) is 9.97 Å². The van der Waals surface area contributed by atoms with Gasteiger partial charge in [0.15, 0.2) is 0 Å². The Balaban J connectivity index is 1.91. The van der Waals surface area contributed by atoms with Crippen molar-refractivity contribution in [1.29, 1.82) is 0 Å². The zero-order chi connectivity index (χ0) is 19.6. The molecule has 0 unspecified atom stereocenters. The molecule has 1 N–H and O–H groups in total. The third kappa shape index (κ3) is 4.02. The van der Waals surface area contributed by atoms with E-state index >= 15 is 0 Å². The number of hydrogen-bond acceptors (Lipinski definition) is 6. The molecule has 1 amide bonds. The normalized spacial score (nSPS) is 11.8. The highest BCUT2D eigenvalue weighted by Gasteiger charge is 2.38. The van der Waals surface area contributed by atoms with Crippen molar-refractivity contribution in [3.8, 4) is 0 Å². The number of para-hydroxylation sites is 2. The number of aromatic nitrogens is 2. The van der Waals surface area contributed by atoms with Gasteiger partial charge >= 0.3 is 6.04 Å². The van der Waals surface area contributed by atoms with Crippen LogP contribution in [0, 0.1) is 10.1 Å². The molecule has 0 bridgehead atoms. The maximum Gasteiger partial charge on any atom is 0.322 e. The van der Waals surface area contributed by atoms with Gasteiger partial charge in [0, 0.05) is 9.95 Å². The number of nitrogens with zero attached hydrogens (tertiary/aromatic N) is 3. The van der Waals surface area contributed by atoms with Crippen molar-refractivity contribution >= 4 is 51.6 Å². The topological polar surface area (TPSA) is 115 Å². The van der Waals surface area contributed by atoms with Gasteiger partial charge < -0.3 is 5.32 Å². The molecule has 0 saturated carbocycles. The van der Waals surface area contributed by atoms with E-state index in [4.69, 9.17) is 23.2 Å². The minimum absolute atomic E-state index is 0.0641. The summed E-state index contributed by atoms with van der Waals surface area (Å²) in [6.45, 7) is 0. The summed E-state index contributed by atoms with van der Waals surface area (Å²) in [4.78, 5) is 43.4. The number of nitro groups is 1. The summed E-state index contributed by atoms with van der Waals surface area (Å²) >= 11 is 11.8. The molecule has 0 aliphatic carbocycles. The van der Waals surface area contributed by atoms with Crippen LogP contribution in [0.15, 0.2) is 48.7 Å². The van der Waals surface area contributed by atoms with Crippen LogP contribution in [0.1, 0.15) is 11.7 Å². The van der Waals surface area contributed by atoms with E-state index in [0.29, 0.717) is 11.0 Å². The molecule has 3 rings (SSSR count). The Labute approximate surface area is 162 Å². The lowest BCUT2D eigenvalue weighted by Gasteiger charge is -2.10. The third-order valence-electron chi connectivity index (χ3n) is 3.61. The summed E-state index contributed by atoms with van der Waals surface area (Å²) in [5, 5.41) is 14.1. The van der Waals surface area contributed by atoms with E-state index in [-0.39, 0.29) is 21.4 Å². The van der Waals surface area contributed by atoms with E-state index in [1.165, 1.54) is 18.2 Å². The fourth-order valence-electron chi connectivity index (χ4n) is 2.34. The van der Waals surface area contributed by atoms with Gasteiger partial charge in [-0.2, -0.15) is 0 Å². The molecule has 3 aromatic rings. The summed E-state index contributed by atoms with van der Waals surface area (Å²) in [5.74, 6) is -2.52. The lowest BCUT2D eigenvalue weighted by Crippen LogP contribution is -2.33. The molecule has 27 heavy (non-hydrogen) atoms. The van der Waals surface area contributed by atoms with E-state index in [1.807, 2.05) is 0 Å². The van der Waals surface area contributed by atoms with Gasteiger partial charge in [0.25, 0.3) is 11.7 Å². The minimum Gasteiger partial charge on any atom is -0.318 e. The van der Waals surface area contributed by atoms with Gasteiger partial charge in [0.05, 0.1) is 27.9 Å². The molecule has 1 aromatic heterocycles. The predicted octanol–water partition coefficient (Wildman–Crippen LogP) is 3.46. The van der Waals surface area contributed by atoms with Gasteiger partial charge in [-0.25, -0.2) is 4.98 Å². The van der Waals surface area contributed by atoms with Crippen LogP contribution in [0.4, 0.5) is 5.69 Å². The van der Waals surface area contributed by atoms with E-state index < -0.39 is 22.7 Å². The molecule has 1 heterocycles. The lowest BCUT2D eigenvalue weighted by atomic mass is 10.1. The Hall–Kier alpha value is -3.10. The molecule has 0 fully saturated rings. The van der Waals surface area contributed by atoms with Crippen molar-refractivity contribution in [3.05, 3.63) is 74.5 Å². The number of ketones is 1. The second kappa shape index (κ2) is 7.65. The highest BCUT2D eigenvalue weighted by atomic mass is 35.5. The predicted molar refractivity (Wildman–Crippen MR) is 99.4 cm³/mol. The summed E-state index contributed by atoms with van der Waals surface area (Å²) in [6, 6.07) is 8.91. The van der Waals surface area contributed by atoms with Gasteiger partial charge in [-0.1, -0.05) is 35.3 Å². The highest BCUT2D eigenvalue weighted by Crippen LogP contribution is 2.26.